The minimum absolute atomic E-state index is 0.172. The Morgan fingerprint density at radius 1 is 1.53 bits per heavy atom. The summed E-state index contributed by atoms with van der Waals surface area (Å²) in [6.07, 6.45) is 0.693. The summed E-state index contributed by atoms with van der Waals surface area (Å²) >= 11 is 5.84. The largest absolute Gasteiger partial charge is 0.398 e. The quantitative estimate of drug-likeness (QED) is 0.752. The Hall–Kier alpha value is -0.770. The van der Waals surface area contributed by atoms with E-state index in [1.165, 1.54) is 0 Å². The van der Waals surface area contributed by atoms with E-state index in [2.05, 4.69) is 4.90 Å². The molecule has 1 aromatic carbocycles. The first-order chi connectivity index (χ1) is 7.15. The number of hydrogen-bond acceptors (Lipinski definition) is 3. The molecule has 1 fully saturated rings. The van der Waals surface area contributed by atoms with Crippen LogP contribution in [-0.2, 0) is 6.54 Å². The lowest BCUT2D eigenvalue weighted by Gasteiger charge is -2.15. The summed E-state index contributed by atoms with van der Waals surface area (Å²) < 4.78 is 0. The van der Waals surface area contributed by atoms with Crippen LogP contribution in [0.25, 0.3) is 0 Å². The molecule has 1 aliphatic heterocycles. The molecule has 0 bridgehead atoms. The molecular weight excluding hydrogens is 212 g/mol. The Bertz CT molecular complexity index is 356. The maximum Gasteiger partial charge on any atom is 0.0679 e. The Morgan fingerprint density at radius 2 is 2.33 bits per heavy atom. The van der Waals surface area contributed by atoms with E-state index < -0.39 is 0 Å². The van der Waals surface area contributed by atoms with Crippen molar-refractivity contribution in [2.45, 2.75) is 19.1 Å². The highest BCUT2D eigenvalue weighted by Crippen LogP contribution is 2.21. The third-order valence-corrected chi connectivity index (χ3v) is 3.06. The average molecular weight is 227 g/mol. The first-order valence-electron chi connectivity index (χ1n) is 5.09. The second kappa shape index (κ2) is 4.39. The van der Waals surface area contributed by atoms with Crippen molar-refractivity contribution >= 4 is 17.3 Å². The molecule has 0 aliphatic carbocycles. The number of aliphatic hydroxyl groups is 1. The topological polar surface area (TPSA) is 49.5 Å². The number of halogens is 1. The molecule has 0 radical (unpaired) electrons. The van der Waals surface area contributed by atoms with Crippen LogP contribution in [-0.4, -0.2) is 29.2 Å². The predicted octanol–water partition coefficient (Wildman–Crippen LogP) is 1.49. The second-order valence-electron chi connectivity index (χ2n) is 4.03. The van der Waals surface area contributed by atoms with Gasteiger partial charge in [-0.1, -0.05) is 17.7 Å². The van der Waals surface area contributed by atoms with Gasteiger partial charge in [-0.25, -0.2) is 0 Å². The van der Waals surface area contributed by atoms with Gasteiger partial charge in [0.1, 0.15) is 0 Å². The lowest BCUT2D eigenvalue weighted by atomic mass is 10.2. The Kier molecular flexibility index (Phi) is 3.14. The highest BCUT2D eigenvalue weighted by atomic mass is 35.5. The van der Waals surface area contributed by atoms with Crippen molar-refractivity contribution < 1.29 is 5.11 Å². The summed E-state index contributed by atoms with van der Waals surface area (Å²) in [5.74, 6) is 0. The number of hydrogen-bond donors (Lipinski definition) is 2. The fourth-order valence-corrected chi connectivity index (χ4v) is 2.02. The zero-order valence-corrected chi connectivity index (χ0v) is 9.24. The zero-order valence-electron chi connectivity index (χ0n) is 8.49. The molecule has 1 atom stereocenters. The summed E-state index contributed by atoms with van der Waals surface area (Å²) in [7, 11) is 0. The number of nitrogens with two attached hydrogens (primary N) is 1. The smallest absolute Gasteiger partial charge is 0.0679 e. The lowest BCUT2D eigenvalue weighted by molar-refractivity contribution is 0.175. The summed E-state index contributed by atoms with van der Waals surface area (Å²) in [5, 5.41) is 9.99. The number of β-amino-alcohol motifs (C(OH)–C–C–N with tert-alkyl or cyclic N) is 1. The van der Waals surface area contributed by atoms with Gasteiger partial charge in [-0.05, 0) is 24.1 Å². The maximum absolute atomic E-state index is 9.39. The number of rotatable bonds is 2. The van der Waals surface area contributed by atoms with Crippen molar-refractivity contribution in [2.24, 2.45) is 0 Å². The van der Waals surface area contributed by atoms with Gasteiger partial charge in [-0.3, -0.25) is 4.90 Å². The number of likely N-dealkylation sites (tertiary alicyclic amines) is 1. The van der Waals surface area contributed by atoms with Crippen LogP contribution in [0.4, 0.5) is 5.69 Å². The van der Waals surface area contributed by atoms with Crippen molar-refractivity contribution in [1.82, 2.24) is 4.90 Å². The molecule has 0 amide bonds. The zero-order chi connectivity index (χ0) is 10.8. The first-order valence-corrected chi connectivity index (χ1v) is 5.47. The highest BCUT2D eigenvalue weighted by molar-refractivity contribution is 6.33. The molecule has 82 valence electrons. The van der Waals surface area contributed by atoms with Crippen LogP contribution in [0.5, 0.6) is 0 Å². The molecule has 1 heterocycles. The summed E-state index contributed by atoms with van der Waals surface area (Å²) in [4.78, 5) is 2.22. The number of anilines is 1. The van der Waals surface area contributed by atoms with E-state index in [4.69, 9.17) is 17.3 Å². The standard InChI is InChI=1S/C11H15ClN2O/c12-10-2-1-8(5-11(10)13)6-14-4-3-9(15)7-14/h1-2,5,9,15H,3-4,6-7,13H2. The molecule has 0 saturated carbocycles. The molecule has 2 rings (SSSR count). The van der Waals surface area contributed by atoms with E-state index in [0.717, 1.165) is 31.6 Å². The number of nitrogen functional groups attached to an aromatic ring is 1. The predicted molar refractivity (Wildman–Crippen MR) is 61.8 cm³/mol. The van der Waals surface area contributed by atoms with Crippen LogP contribution < -0.4 is 5.73 Å². The summed E-state index contributed by atoms with van der Waals surface area (Å²) in [6, 6.07) is 5.69. The number of nitrogens with zero attached hydrogens (tertiary/aromatic N) is 1. The Labute approximate surface area is 94.4 Å². The van der Waals surface area contributed by atoms with Crippen molar-refractivity contribution in [3.63, 3.8) is 0 Å². The lowest BCUT2D eigenvalue weighted by Crippen LogP contribution is -2.21. The van der Waals surface area contributed by atoms with Gasteiger partial charge < -0.3 is 10.8 Å². The second-order valence-corrected chi connectivity index (χ2v) is 4.44. The van der Waals surface area contributed by atoms with Crippen LogP contribution in [0, 0.1) is 0 Å². The highest BCUT2D eigenvalue weighted by Gasteiger charge is 2.19. The molecule has 1 unspecified atom stereocenters. The van der Waals surface area contributed by atoms with Gasteiger partial charge in [0.15, 0.2) is 0 Å². The van der Waals surface area contributed by atoms with Crippen molar-refractivity contribution in [3.8, 4) is 0 Å². The minimum Gasteiger partial charge on any atom is -0.398 e. The molecule has 15 heavy (non-hydrogen) atoms. The van der Waals surface area contributed by atoms with E-state index in [1.54, 1.807) is 0 Å². The molecular formula is C11H15ClN2O. The fraction of sp³-hybridized carbons (Fsp3) is 0.455. The SMILES string of the molecule is Nc1cc(CN2CCC(O)C2)ccc1Cl. The van der Waals surface area contributed by atoms with Gasteiger partial charge in [0.05, 0.1) is 16.8 Å². The van der Waals surface area contributed by atoms with Crippen molar-refractivity contribution in [3.05, 3.63) is 28.8 Å². The van der Waals surface area contributed by atoms with E-state index in [0.29, 0.717) is 10.7 Å². The third kappa shape index (κ3) is 2.62. The molecule has 1 saturated heterocycles. The van der Waals surface area contributed by atoms with E-state index in [1.807, 2.05) is 18.2 Å². The monoisotopic (exact) mass is 226 g/mol. The van der Waals surface area contributed by atoms with Crippen LogP contribution in [0.15, 0.2) is 18.2 Å². The molecule has 3 N–H and O–H groups in total. The number of aliphatic hydroxyl groups excluding tert-OH is 1. The van der Waals surface area contributed by atoms with E-state index >= 15 is 0 Å². The Balaban J connectivity index is 2.02. The van der Waals surface area contributed by atoms with Crippen LogP contribution in [0.2, 0.25) is 5.02 Å². The molecule has 1 aromatic rings. The average Bonchev–Trinajstić information content (AvgIpc) is 2.58. The van der Waals surface area contributed by atoms with Gasteiger partial charge in [0.2, 0.25) is 0 Å². The molecule has 0 aromatic heterocycles. The Morgan fingerprint density at radius 3 is 2.93 bits per heavy atom. The number of benzene rings is 1. The van der Waals surface area contributed by atoms with Crippen LogP contribution in [0.3, 0.4) is 0 Å². The third-order valence-electron chi connectivity index (χ3n) is 2.71. The van der Waals surface area contributed by atoms with Gasteiger partial charge >= 0.3 is 0 Å². The van der Waals surface area contributed by atoms with E-state index in [9.17, 15) is 5.11 Å². The van der Waals surface area contributed by atoms with Gasteiger partial charge in [-0.15, -0.1) is 0 Å². The van der Waals surface area contributed by atoms with Gasteiger partial charge in [-0.2, -0.15) is 0 Å². The van der Waals surface area contributed by atoms with Crippen molar-refractivity contribution in [2.75, 3.05) is 18.8 Å². The molecule has 3 nitrogen and oxygen atoms in total. The fourth-order valence-electron chi connectivity index (χ4n) is 1.91. The van der Waals surface area contributed by atoms with Crippen LogP contribution >= 0.6 is 11.6 Å². The maximum atomic E-state index is 9.39. The minimum atomic E-state index is -0.172. The van der Waals surface area contributed by atoms with Crippen LogP contribution in [0.1, 0.15) is 12.0 Å². The summed E-state index contributed by atoms with van der Waals surface area (Å²) in [6.45, 7) is 2.53. The molecule has 1 aliphatic rings. The summed E-state index contributed by atoms with van der Waals surface area (Å²) in [5.41, 5.74) is 7.49. The van der Waals surface area contributed by atoms with Gasteiger partial charge in [0.25, 0.3) is 0 Å². The van der Waals surface area contributed by atoms with Gasteiger partial charge in [0, 0.05) is 19.6 Å². The molecule has 4 heteroatoms. The molecule has 0 spiro atoms. The normalized spacial score (nSPS) is 22.1. The van der Waals surface area contributed by atoms with E-state index in [-0.39, 0.29) is 6.10 Å². The van der Waals surface area contributed by atoms with Crippen molar-refractivity contribution in [1.29, 1.82) is 0 Å². The first kappa shape index (κ1) is 10.7.